The first-order chi connectivity index (χ1) is 16.1. The summed E-state index contributed by atoms with van der Waals surface area (Å²) in [7, 11) is 3.85. The number of hydrogen-bond donors (Lipinski definition) is 2. The van der Waals surface area contributed by atoms with Crippen LogP contribution in [-0.2, 0) is 6.18 Å². The molecule has 0 atom stereocenters. The third-order valence-corrected chi connectivity index (χ3v) is 5.94. The Morgan fingerprint density at radius 2 is 1.68 bits per heavy atom. The summed E-state index contributed by atoms with van der Waals surface area (Å²) in [5.74, 6) is -0.557. The largest absolute Gasteiger partial charge is 0.416 e. The van der Waals surface area contributed by atoms with Gasteiger partial charge in [-0.15, -0.1) is 0 Å². The number of rotatable bonds is 5. The van der Waals surface area contributed by atoms with E-state index < -0.39 is 29.0 Å². The van der Waals surface area contributed by atoms with Gasteiger partial charge in [0.2, 0.25) is 5.95 Å². The van der Waals surface area contributed by atoms with Gasteiger partial charge < -0.3 is 15.5 Å². The monoisotopic (exact) mass is 475 g/mol. The maximum Gasteiger partial charge on any atom is 0.416 e. The molecule has 2 N–H and O–H groups in total. The zero-order valence-electron chi connectivity index (χ0n) is 18.8. The molecule has 0 aliphatic heterocycles. The van der Waals surface area contributed by atoms with Crippen molar-refractivity contribution in [3.05, 3.63) is 59.4 Å². The molecular weight excluding hydrogens is 450 g/mol. The number of amides is 1. The van der Waals surface area contributed by atoms with Crippen LogP contribution < -0.4 is 15.5 Å². The Kier molecular flexibility index (Phi) is 6.58. The average Bonchev–Trinajstić information content (AvgIpc) is 2.79. The molecule has 0 saturated heterocycles. The minimum absolute atomic E-state index is 0.104. The molecule has 1 aliphatic carbocycles. The van der Waals surface area contributed by atoms with E-state index in [-0.39, 0.29) is 12.1 Å². The van der Waals surface area contributed by atoms with E-state index in [1.807, 2.05) is 43.3 Å². The van der Waals surface area contributed by atoms with E-state index in [0.29, 0.717) is 30.9 Å². The minimum atomic E-state index is -4.66. The number of para-hydroxylation sites is 1. The molecule has 3 aromatic rings. The zero-order chi connectivity index (χ0) is 24.5. The first-order valence-corrected chi connectivity index (χ1v) is 11.0. The molecule has 6 nitrogen and oxygen atoms in total. The summed E-state index contributed by atoms with van der Waals surface area (Å²) < 4.78 is 52.3. The lowest BCUT2D eigenvalue weighted by molar-refractivity contribution is -0.137. The molecule has 1 saturated carbocycles. The summed E-state index contributed by atoms with van der Waals surface area (Å²) in [5.41, 5.74) is -0.682. The molecule has 34 heavy (non-hydrogen) atoms. The zero-order valence-corrected chi connectivity index (χ0v) is 18.8. The molecule has 180 valence electrons. The van der Waals surface area contributed by atoms with Crippen LogP contribution in [0.2, 0.25) is 0 Å². The molecule has 1 heterocycles. The van der Waals surface area contributed by atoms with Gasteiger partial charge in [-0.05, 0) is 56.0 Å². The van der Waals surface area contributed by atoms with Gasteiger partial charge in [0.05, 0.1) is 16.6 Å². The highest BCUT2D eigenvalue weighted by Crippen LogP contribution is 2.30. The van der Waals surface area contributed by atoms with E-state index in [1.54, 1.807) is 0 Å². The Hall–Kier alpha value is -3.43. The van der Waals surface area contributed by atoms with Gasteiger partial charge in [-0.25, -0.2) is 9.37 Å². The number of anilines is 2. The van der Waals surface area contributed by atoms with Gasteiger partial charge in [-0.2, -0.15) is 18.2 Å². The van der Waals surface area contributed by atoms with E-state index >= 15 is 0 Å². The van der Waals surface area contributed by atoms with Crippen molar-refractivity contribution in [2.45, 2.75) is 43.9 Å². The molecule has 10 heteroatoms. The lowest BCUT2D eigenvalue weighted by atomic mass is 9.91. The average molecular weight is 475 g/mol. The van der Waals surface area contributed by atoms with Gasteiger partial charge in [0.25, 0.3) is 5.91 Å². The molecule has 1 aromatic heterocycles. The number of fused-ring (bicyclic) bond motifs is 1. The van der Waals surface area contributed by atoms with Gasteiger partial charge in [0.15, 0.2) is 0 Å². The third-order valence-electron chi connectivity index (χ3n) is 5.94. The highest BCUT2D eigenvalue weighted by Gasteiger charge is 2.32. The van der Waals surface area contributed by atoms with Crippen molar-refractivity contribution in [2.24, 2.45) is 0 Å². The van der Waals surface area contributed by atoms with Crippen molar-refractivity contribution in [1.82, 2.24) is 15.3 Å². The van der Waals surface area contributed by atoms with Crippen LogP contribution in [0, 0.1) is 5.82 Å². The van der Waals surface area contributed by atoms with Gasteiger partial charge in [0, 0.05) is 31.6 Å². The fraction of sp³-hybridized carbons (Fsp3) is 0.375. The number of carbonyl (C=O) groups is 1. The molecule has 0 radical (unpaired) electrons. The van der Waals surface area contributed by atoms with E-state index in [2.05, 4.69) is 20.6 Å². The van der Waals surface area contributed by atoms with Crippen molar-refractivity contribution in [1.29, 1.82) is 0 Å². The van der Waals surface area contributed by atoms with Crippen LogP contribution in [0.25, 0.3) is 10.9 Å². The molecule has 0 spiro atoms. The molecule has 1 fully saturated rings. The van der Waals surface area contributed by atoms with Crippen LogP contribution in [0.4, 0.5) is 29.3 Å². The predicted molar refractivity (Wildman–Crippen MR) is 122 cm³/mol. The number of nitrogens with one attached hydrogen (secondary N) is 2. The lowest BCUT2D eigenvalue weighted by Crippen LogP contribution is -2.40. The minimum Gasteiger partial charge on any atom is -0.362 e. The summed E-state index contributed by atoms with van der Waals surface area (Å²) in [5, 5.41) is 7.07. The molecular formula is C24H25F4N5O. The van der Waals surface area contributed by atoms with E-state index in [4.69, 9.17) is 0 Å². The van der Waals surface area contributed by atoms with Crippen molar-refractivity contribution in [3.8, 4) is 0 Å². The Morgan fingerprint density at radius 3 is 2.32 bits per heavy atom. The van der Waals surface area contributed by atoms with Gasteiger partial charge >= 0.3 is 6.18 Å². The van der Waals surface area contributed by atoms with E-state index in [9.17, 15) is 22.4 Å². The molecule has 0 unspecified atom stereocenters. The van der Waals surface area contributed by atoms with Crippen LogP contribution in [-0.4, -0.2) is 42.1 Å². The second kappa shape index (κ2) is 9.44. The standard InChI is InChI=1S/C24H25F4N5O/c1-33(2)21-18-5-3-4-6-20(18)31-23(32-21)30-16-10-8-15(9-11-16)29-22(34)17-12-7-14(13-19(17)25)24(26,27)28/h3-7,12-13,15-16H,8-11H2,1-2H3,(H,29,34)(H,30,31,32)/t15-,16+. The Labute approximate surface area is 194 Å². The first-order valence-electron chi connectivity index (χ1n) is 11.0. The van der Waals surface area contributed by atoms with Crippen LogP contribution in [0.15, 0.2) is 42.5 Å². The number of hydrogen-bond acceptors (Lipinski definition) is 5. The highest BCUT2D eigenvalue weighted by molar-refractivity contribution is 5.94. The van der Waals surface area contributed by atoms with Crippen molar-refractivity contribution < 1.29 is 22.4 Å². The summed E-state index contributed by atoms with van der Waals surface area (Å²) >= 11 is 0. The summed E-state index contributed by atoms with van der Waals surface area (Å²) in [6.45, 7) is 0. The molecule has 4 rings (SSSR count). The fourth-order valence-corrected chi connectivity index (χ4v) is 4.17. The maximum absolute atomic E-state index is 14.1. The van der Waals surface area contributed by atoms with E-state index in [1.165, 1.54) is 0 Å². The first kappa shape index (κ1) is 23.7. The predicted octanol–water partition coefficient (Wildman–Crippen LogP) is 5.01. The number of carbonyl (C=O) groups excluding carboxylic acids is 1. The van der Waals surface area contributed by atoms with Crippen LogP contribution in [0.3, 0.4) is 0 Å². The van der Waals surface area contributed by atoms with Crippen molar-refractivity contribution in [2.75, 3.05) is 24.3 Å². The van der Waals surface area contributed by atoms with Gasteiger partial charge in [-0.3, -0.25) is 4.79 Å². The second-order valence-electron chi connectivity index (χ2n) is 8.64. The number of alkyl halides is 3. The van der Waals surface area contributed by atoms with Crippen LogP contribution >= 0.6 is 0 Å². The smallest absolute Gasteiger partial charge is 0.362 e. The summed E-state index contributed by atoms with van der Waals surface area (Å²) in [6, 6.07) is 9.62. The number of benzene rings is 2. The Morgan fingerprint density at radius 1 is 1.00 bits per heavy atom. The maximum atomic E-state index is 14.1. The lowest BCUT2D eigenvalue weighted by Gasteiger charge is -2.30. The number of nitrogens with zero attached hydrogens (tertiary/aromatic N) is 3. The third kappa shape index (κ3) is 5.21. The normalized spacial score (nSPS) is 18.5. The number of halogens is 4. The Bertz CT molecular complexity index is 1190. The van der Waals surface area contributed by atoms with Crippen molar-refractivity contribution >= 4 is 28.6 Å². The summed E-state index contributed by atoms with van der Waals surface area (Å²) in [4.78, 5) is 23.6. The molecule has 2 aromatic carbocycles. The fourth-order valence-electron chi connectivity index (χ4n) is 4.17. The molecule has 1 amide bonds. The number of aromatic nitrogens is 2. The van der Waals surface area contributed by atoms with Crippen LogP contribution in [0.1, 0.15) is 41.6 Å². The van der Waals surface area contributed by atoms with Crippen LogP contribution in [0.5, 0.6) is 0 Å². The van der Waals surface area contributed by atoms with Crippen molar-refractivity contribution in [3.63, 3.8) is 0 Å². The quantitative estimate of drug-likeness (QED) is 0.508. The second-order valence-corrected chi connectivity index (χ2v) is 8.64. The topological polar surface area (TPSA) is 70.2 Å². The van der Waals surface area contributed by atoms with E-state index in [0.717, 1.165) is 35.6 Å². The Balaban J connectivity index is 1.36. The summed E-state index contributed by atoms with van der Waals surface area (Å²) in [6.07, 6.45) is -1.93. The molecule has 1 aliphatic rings. The molecule has 0 bridgehead atoms. The highest BCUT2D eigenvalue weighted by atomic mass is 19.4. The SMILES string of the molecule is CN(C)c1nc(N[C@H]2CC[C@@H](NC(=O)c3ccc(C(F)(F)F)cc3F)CC2)nc2ccccc12. The van der Waals surface area contributed by atoms with Gasteiger partial charge in [-0.1, -0.05) is 12.1 Å². The van der Waals surface area contributed by atoms with Gasteiger partial charge in [0.1, 0.15) is 11.6 Å².